The molecular formula is C16H16F3N3O3. The van der Waals surface area contributed by atoms with Gasteiger partial charge in [0.2, 0.25) is 5.91 Å². The van der Waals surface area contributed by atoms with Gasteiger partial charge in [-0.15, -0.1) is 0 Å². The van der Waals surface area contributed by atoms with E-state index in [4.69, 9.17) is 4.74 Å². The SMILES string of the molecule is Cc1cc(=O)n(CC(=O)NCCOc2cccc(C(F)(F)F)c2)cn1. The van der Waals surface area contributed by atoms with Crippen LogP contribution in [-0.4, -0.2) is 28.6 Å². The number of benzene rings is 1. The highest BCUT2D eigenvalue weighted by Gasteiger charge is 2.30. The molecule has 1 amide bonds. The van der Waals surface area contributed by atoms with E-state index in [-0.39, 0.29) is 31.0 Å². The molecule has 1 aromatic heterocycles. The van der Waals surface area contributed by atoms with E-state index in [1.165, 1.54) is 24.5 Å². The summed E-state index contributed by atoms with van der Waals surface area (Å²) in [6.45, 7) is 1.55. The number of carbonyl (C=O) groups excluding carboxylic acids is 1. The standard InChI is InChI=1S/C16H16F3N3O3/c1-11-7-15(24)22(10-21-11)9-14(23)20-5-6-25-13-4-2-3-12(8-13)16(17,18)19/h2-4,7-8,10H,5-6,9H2,1H3,(H,20,23). The summed E-state index contributed by atoms with van der Waals surface area (Å²) in [5.41, 5.74) is -0.598. The Balaban J connectivity index is 1.79. The van der Waals surface area contributed by atoms with Crippen molar-refractivity contribution in [3.05, 3.63) is 58.3 Å². The van der Waals surface area contributed by atoms with Gasteiger partial charge >= 0.3 is 6.18 Å². The van der Waals surface area contributed by atoms with Crippen LogP contribution in [0.25, 0.3) is 0 Å². The number of aromatic nitrogens is 2. The largest absolute Gasteiger partial charge is 0.492 e. The summed E-state index contributed by atoms with van der Waals surface area (Å²) >= 11 is 0. The minimum atomic E-state index is -4.44. The molecule has 0 saturated heterocycles. The van der Waals surface area contributed by atoms with Crippen molar-refractivity contribution >= 4 is 5.91 Å². The molecule has 25 heavy (non-hydrogen) atoms. The van der Waals surface area contributed by atoms with Crippen LogP contribution in [0.3, 0.4) is 0 Å². The van der Waals surface area contributed by atoms with Gasteiger partial charge in [-0.2, -0.15) is 13.2 Å². The minimum absolute atomic E-state index is 0.00586. The summed E-state index contributed by atoms with van der Waals surface area (Å²) in [6, 6.07) is 5.79. The summed E-state index contributed by atoms with van der Waals surface area (Å²) in [5.74, 6) is -0.372. The van der Waals surface area contributed by atoms with E-state index in [0.717, 1.165) is 16.7 Å². The predicted molar refractivity (Wildman–Crippen MR) is 83.2 cm³/mol. The molecule has 6 nitrogen and oxygen atoms in total. The molecule has 0 atom stereocenters. The molecule has 0 bridgehead atoms. The lowest BCUT2D eigenvalue weighted by molar-refractivity contribution is -0.137. The van der Waals surface area contributed by atoms with Gasteiger partial charge in [-0.25, -0.2) is 4.98 Å². The Bertz CT molecular complexity index is 803. The third-order valence-electron chi connectivity index (χ3n) is 3.18. The van der Waals surface area contributed by atoms with Crippen LogP contribution in [0.5, 0.6) is 5.75 Å². The first kappa shape index (κ1) is 18.5. The van der Waals surface area contributed by atoms with E-state index >= 15 is 0 Å². The topological polar surface area (TPSA) is 73.2 Å². The van der Waals surface area contributed by atoms with Gasteiger partial charge in [0.1, 0.15) is 18.9 Å². The van der Waals surface area contributed by atoms with Crippen LogP contribution in [-0.2, 0) is 17.5 Å². The molecule has 134 valence electrons. The second kappa shape index (κ2) is 7.82. The van der Waals surface area contributed by atoms with Crippen LogP contribution in [0.4, 0.5) is 13.2 Å². The fourth-order valence-electron chi connectivity index (χ4n) is 1.97. The maximum absolute atomic E-state index is 12.6. The molecule has 0 aliphatic heterocycles. The smallest absolute Gasteiger partial charge is 0.416 e. The molecule has 9 heteroatoms. The molecule has 1 heterocycles. The zero-order chi connectivity index (χ0) is 18.4. The van der Waals surface area contributed by atoms with Crippen LogP contribution in [0, 0.1) is 6.92 Å². The van der Waals surface area contributed by atoms with E-state index in [2.05, 4.69) is 10.3 Å². The maximum atomic E-state index is 12.6. The lowest BCUT2D eigenvalue weighted by atomic mass is 10.2. The molecule has 2 aromatic rings. The number of hydrogen-bond donors (Lipinski definition) is 1. The van der Waals surface area contributed by atoms with E-state index in [0.29, 0.717) is 5.69 Å². The number of ether oxygens (including phenoxy) is 1. The first-order valence-corrected chi connectivity index (χ1v) is 7.35. The van der Waals surface area contributed by atoms with Crippen molar-refractivity contribution in [1.29, 1.82) is 0 Å². The minimum Gasteiger partial charge on any atom is -0.492 e. The Kier molecular flexibility index (Phi) is 5.79. The van der Waals surface area contributed by atoms with Crippen LogP contribution >= 0.6 is 0 Å². The van der Waals surface area contributed by atoms with Gasteiger partial charge in [0.25, 0.3) is 5.56 Å². The van der Waals surface area contributed by atoms with E-state index in [1.54, 1.807) is 6.92 Å². The van der Waals surface area contributed by atoms with Crippen molar-refractivity contribution in [1.82, 2.24) is 14.9 Å². The van der Waals surface area contributed by atoms with Crippen molar-refractivity contribution < 1.29 is 22.7 Å². The number of halogens is 3. The summed E-state index contributed by atoms with van der Waals surface area (Å²) < 4.78 is 44.1. The zero-order valence-corrected chi connectivity index (χ0v) is 13.3. The average molecular weight is 355 g/mol. The fourth-order valence-corrected chi connectivity index (χ4v) is 1.97. The molecule has 0 saturated carbocycles. The van der Waals surface area contributed by atoms with Gasteiger partial charge in [0, 0.05) is 11.8 Å². The third-order valence-corrected chi connectivity index (χ3v) is 3.18. The second-order valence-electron chi connectivity index (χ2n) is 5.22. The molecule has 0 radical (unpaired) electrons. The number of nitrogens with zero attached hydrogens (tertiary/aromatic N) is 2. The van der Waals surface area contributed by atoms with Gasteiger partial charge in [-0.1, -0.05) is 6.07 Å². The predicted octanol–water partition coefficient (Wildman–Crippen LogP) is 1.77. The Hall–Kier alpha value is -2.84. The van der Waals surface area contributed by atoms with Crippen LogP contribution in [0.1, 0.15) is 11.3 Å². The first-order valence-electron chi connectivity index (χ1n) is 7.35. The number of aryl methyl sites for hydroxylation is 1. The van der Waals surface area contributed by atoms with Crippen molar-refractivity contribution in [2.75, 3.05) is 13.2 Å². The molecule has 0 aliphatic carbocycles. The van der Waals surface area contributed by atoms with Gasteiger partial charge in [-0.3, -0.25) is 14.2 Å². The number of nitrogens with one attached hydrogen (secondary N) is 1. The van der Waals surface area contributed by atoms with Crippen molar-refractivity contribution in [3.8, 4) is 5.75 Å². The summed E-state index contributed by atoms with van der Waals surface area (Å²) in [4.78, 5) is 27.3. The Morgan fingerprint density at radius 1 is 1.32 bits per heavy atom. The van der Waals surface area contributed by atoms with Crippen molar-refractivity contribution in [3.63, 3.8) is 0 Å². The van der Waals surface area contributed by atoms with Crippen LogP contribution in [0.2, 0.25) is 0 Å². The molecule has 0 aliphatic rings. The molecular weight excluding hydrogens is 339 g/mol. The monoisotopic (exact) mass is 355 g/mol. The molecule has 0 fully saturated rings. The fraction of sp³-hybridized carbons (Fsp3) is 0.312. The van der Waals surface area contributed by atoms with Gasteiger partial charge in [-0.05, 0) is 25.1 Å². The van der Waals surface area contributed by atoms with Gasteiger partial charge in [0.15, 0.2) is 0 Å². The van der Waals surface area contributed by atoms with E-state index < -0.39 is 17.6 Å². The Morgan fingerprint density at radius 2 is 2.08 bits per heavy atom. The summed E-state index contributed by atoms with van der Waals surface area (Å²) in [6.07, 6.45) is -3.17. The zero-order valence-electron chi connectivity index (χ0n) is 13.3. The average Bonchev–Trinajstić information content (AvgIpc) is 2.54. The second-order valence-corrected chi connectivity index (χ2v) is 5.22. The van der Waals surface area contributed by atoms with E-state index in [1.807, 2.05) is 0 Å². The van der Waals surface area contributed by atoms with E-state index in [9.17, 15) is 22.8 Å². The highest BCUT2D eigenvalue weighted by molar-refractivity contribution is 5.75. The van der Waals surface area contributed by atoms with Crippen molar-refractivity contribution in [2.24, 2.45) is 0 Å². The molecule has 0 spiro atoms. The number of rotatable bonds is 6. The number of hydrogen-bond acceptors (Lipinski definition) is 4. The third kappa shape index (κ3) is 5.63. The van der Waals surface area contributed by atoms with Gasteiger partial charge in [0.05, 0.1) is 18.4 Å². The molecule has 0 unspecified atom stereocenters. The first-order chi connectivity index (χ1) is 11.8. The number of amides is 1. The maximum Gasteiger partial charge on any atom is 0.416 e. The molecule has 1 N–H and O–H groups in total. The lowest BCUT2D eigenvalue weighted by Crippen LogP contribution is -2.34. The quantitative estimate of drug-likeness (QED) is 0.802. The number of alkyl halides is 3. The van der Waals surface area contributed by atoms with Crippen LogP contribution < -0.4 is 15.6 Å². The normalized spacial score (nSPS) is 11.2. The molecule has 2 rings (SSSR count). The summed E-state index contributed by atoms with van der Waals surface area (Å²) in [7, 11) is 0. The lowest BCUT2D eigenvalue weighted by Gasteiger charge is -2.11. The van der Waals surface area contributed by atoms with Crippen LogP contribution in [0.15, 0.2) is 41.5 Å². The Labute approximate surface area is 141 Å². The van der Waals surface area contributed by atoms with Gasteiger partial charge < -0.3 is 10.1 Å². The van der Waals surface area contributed by atoms with Crippen molar-refractivity contribution in [2.45, 2.75) is 19.6 Å². The highest BCUT2D eigenvalue weighted by Crippen LogP contribution is 2.31. The molecule has 1 aromatic carbocycles. The Morgan fingerprint density at radius 3 is 2.76 bits per heavy atom. The highest BCUT2D eigenvalue weighted by atomic mass is 19.4. The summed E-state index contributed by atoms with van der Waals surface area (Å²) in [5, 5.41) is 2.51. The number of carbonyl (C=O) groups is 1.